The fraction of sp³-hybridized carbons (Fsp3) is 0.333. The summed E-state index contributed by atoms with van der Waals surface area (Å²) in [7, 11) is 1.55. The number of nitrogens with one attached hydrogen (secondary N) is 1. The van der Waals surface area contributed by atoms with Crippen LogP contribution in [-0.4, -0.2) is 18.0 Å². The molecular weight excluding hydrogens is 286 g/mol. The van der Waals surface area contributed by atoms with Gasteiger partial charge in [0.1, 0.15) is 5.75 Å². The van der Waals surface area contributed by atoms with E-state index in [1.807, 2.05) is 5.38 Å². The number of hydrogen-bond donors (Lipinski definition) is 2. The number of methoxy groups -OCH3 is 1. The van der Waals surface area contributed by atoms with Crippen LogP contribution < -0.4 is 15.8 Å². The summed E-state index contributed by atoms with van der Waals surface area (Å²) in [5, 5.41) is 5.30. The monoisotopic (exact) mass is 305 g/mol. The van der Waals surface area contributed by atoms with Crippen molar-refractivity contribution in [3.63, 3.8) is 0 Å². The fourth-order valence-electron chi connectivity index (χ4n) is 1.71. The number of nitrogens with two attached hydrogens (primary N) is 1. The summed E-state index contributed by atoms with van der Waals surface area (Å²) in [6, 6.07) is 4.97. The lowest BCUT2D eigenvalue weighted by molar-refractivity contribution is 0.102. The van der Waals surface area contributed by atoms with Gasteiger partial charge in [0.15, 0.2) is 5.13 Å². The minimum Gasteiger partial charge on any atom is -0.497 e. The first-order chi connectivity index (χ1) is 9.81. The van der Waals surface area contributed by atoms with Gasteiger partial charge in [-0.2, -0.15) is 0 Å². The van der Waals surface area contributed by atoms with Crippen molar-refractivity contribution in [2.75, 3.05) is 18.2 Å². The number of ether oxygens (including phenoxy) is 1. The molecule has 0 saturated heterocycles. The highest BCUT2D eigenvalue weighted by molar-refractivity contribution is 7.14. The molecule has 1 amide bonds. The van der Waals surface area contributed by atoms with Crippen molar-refractivity contribution in [3.8, 4) is 5.75 Å². The Morgan fingerprint density at radius 2 is 2.10 bits per heavy atom. The summed E-state index contributed by atoms with van der Waals surface area (Å²) in [5.41, 5.74) is 7.55. The first kappa shape index (κ1) is 15.3. The summed E-state index contributed by atoms with van der Waals surface area (Å²) >= 11 is 1.40. The Labute approximate surface area is 128 Å². The number of nitrogen functional groups attached to an aromatic ring is 1. The summed E-state index contributed by atoms with van der Waals surface area (Å²) in [6.45, 7) is 6.24. The molecule has 1 aromatic heterocycles. The fourth-order valence-corrected chi connectivity index (χ4v) is 2.65. The molecule has 2 rings (SSSR count). The maximum absolute atomic E-state index is 12.2. The second kappa shape index (κ2) is 5.73. The molecule has 3 N–H and O–H groups in total. The molecule has 0 bridgehead atoms. The van der Waals surface area contributed by atoms with Gasteiger partial charge in [0.25, 0.3) is 5.91 Å². The maximum Gasteiger partial charge on any atom is 0.259 e. The zero-order chi connectivity index (χ0) is 15.6. The molecule has 1 heterocycles. The van der Waals surface area contributed by atoms with E-state index in [0.717, 1.165) is 5.69 Å². The molecule has 0 fully saturated rings. The second-order valence-corrected chi connectivity index (χ2v) is 6.55. The molecule has 2 aromatic rings. The number of aromatic nitrogens is 1. The van der Waals surface area contributed by atoms with E-state index in [9.17, 15) is 4.79 Å². The molecule has 1 aromatic carbocycles. The maximum atomic E-state index is 12.2. The average Bonchev–Trinajstić information content (AvgIpc) is 2.86. The van der Waals surface area contributed by atoms with Gasteiger partial charge < -0.3 is 10.5 Å². The number of carbonyl (C=O) groups excluding carboxylic acids is 1. The van der Waals surface area contributed by atoms with Crippen molar-refractivity contribution < 1.29 is 9.53 Å². The number of rotatable bonds is 3. The third kappa shape index (κ3) is 3.52. The van der Waals surface area contributed by atoms with Gasteiger partial charge in [0.05, 0.1) is 18.4 Å². The molecule has 0 aliphatic heterocycles. The first-order valence-corrected chi connectivity index (χ1v) is 7.40. The zero-order valence-electron chi connectivity index (χ0n) is 12.6. The Morgan fingerprint density at radius 1 is 1.38 bits per heavy atom. The summed E-state index contributed by atoms with van der Waals surface area (Å²) in [5.74, 6) is 0.346. The van der Waals surface area contributed by atoms with Crippen LogP contribution in [-0.2, 0) is 5.41 Å². The van der Waals surface area contributed by atoms with Crippen LogP contribution in [0.4, 0.5) is 10.8 Å². The Balaban J connectivity index is 2.16. The van der Waals surface area contributed by atoms with E-state index in [1.165, 1.54) is 11.3 Å². The molecule has 0 radical (unpaired) electrons. The normalized spacial score (nSPS) is 11.2. The van der Waals surface area contributed by atoms with Gasteiger partial charge in [-0.05, 0) is 12.1 Å². The second-order valence-electron chi connectivity index (χ2n) is 5.70. The van der Waals surface area contributed by atoms with Gasteiger partial charge >= 0.3 is 0 Å². The van der Waals surface area contributed by atoms with E-state index in [0.29, 0.717) is 22.1 Å². The Bertz CT molecular complexity index is 659. The van der Waals surface area contributed by atoms with Crippen molar-refractivity contribution in [1.82, 2.24) is 4.98 Å². The van der Waals surface area contributed by atoms with Crippen LogP contribution in [0.15, 0.2) is 23.6 Å². The Morgan fingerprint density at radius 3 is 2.62 bits per heavy atom. The van der Waals surface area contributed by atoms with E-state index >= 15 is 0 Å². The van der Waals surface area contributed by atoms with E-state index < -0.39 is 0 Å². The van der Waals surface area contributed by atoms with Crippen LogP contribution in [0.1, 0.15) is 36.8 Å². The molecule has 21 heavy (non-hydrogen) atoms. The van der Waals surface area contributed by atoms with Crippen LogP contribution in [0.3, 0.4) is 0 Å². The highest BCUT2D eigenvalue weighted by Crippen LogP contribution is 2.27. The van der Waals surface area contributed by atoms with Gasteiger partial charge in [-0.15, -0.1) is 11.3 Å². The number of carbonyl (C=O) groups is 1. The van der Waals surface area contributed by atoms with Crippen molar-refractivity contribution in [2.24, 2.45) is 0 Å². The summed E-state index contributed by atoms with van der Waals surface area (Å²) in [4.78, 5) is 16.7. The van der Waals surface area contributed by atoms with E-state index in [1.54, 1.807) is 25.3 Å². The standard InChI is InChI=1S/C15H19N3O2S/c1-15(2,3)12-8-21-14(17-12)18-13(19)10-6-5-9(20-4)7-11(10)16/h5-8H,16H2,1-4H3,(H,17,18,19). The lowest BCUT2D eigenvalue weighted by Gasteiger charge is -2.14. The van der Waals surface area contributed by atoms with Crippen LogP contribution in [0.5, 0.6) is 5.75 Å². The van der Waals surface area contributed by atoms with Crippen LogP contribution in [0.25, 0.3) is 0 Å². The van der Waals surface area contributed by atoms with Crippen LogP contribution >= 0.6 is 11.3 Å². The quantitative estimate of drug-likeness (QED) is 0.853. The summed E-state index contributed by atoms with van der Waals surface area (Å²) in [6.07, 6.45) is 0. The van der Waals surface area contributed by atoms with Crippen molar-refractivity contribution in [1.29, 1.82) is 0 Å². The van der Waals surface area contributed by atoms with Gasteiger partial charge in [-0.3, -0.25) is 10.1 Å². The van der Waals surface area contributed by atoms with Gasteiger partial charge in [-0.1, -0.05) is 20.8 Å². The van der Waals surface area contributed by atoms with Crippen molar-refractivity contribution in [2.45, 2.75) is 26.2 Å². The van der Waals surface area contributed by atoms with Gasteiger partial charge in [0.2, 0.25) is 0 Å². The third-order valence-corrected chi connectivity index (χ3v) is 3.75. The smallest absolute Gasteiger partial charge is 0.259 e. The molecule has 6 heteroatoms. The van der Waals surface area contributed by atoms with E-state index in [4.69, 9.17) is 10.5 Å². The number of anilines is 2. The minimum atomic E-state index is -0.273. The van der Waals surface area contributed by atoms with Gasteiger partial charge in [-0.25, -0.2) is 4.98 Å². The molecule has 0 atom stereocenters. The highest BCUT2D eigenvalue weighted by Gasteiger charge is 2.19. The van der Waals surface area contributed by atoms with Gasteiger partial charge in [0, 0.05) is 22.5 Å². The number of nitrogens with zero attached hydrogens (tertiary/aromatic N) is 1. The number of hydrogen-bond acceptors (Lipinski definition) is 5. The van der Waals surface area contributed by atoms with Crippen LogP contribution in [0.2, 0.25) is 0 Å². The van der Waals surface area contributed by atoms with E-state index in [-0.39, 0.29) is 11.3 Å². The predicted octanol–water partition coefficient (Wildman–Crippen LogP) is 3.28. The van der Waals surface area contributed by atoms with E-state index in [2.05, 4.69) is 31.1 Å². The lowest BCUT2D eigenvalue weighted by Crippen LogP contribution is -2.15. The third-order valence-electron chi connectivity index (χ3n) is 3.00. The molecule has 0 saturated carbocycles. The lowest BCUT2D eigenvalue weighted by atomic mass is 9.93. The molecule has 0 spiro atoms. The molecule has 0 aliphatic rings. The topological polar surface area (TPSA) is 77.2 Å². The zero-order valence-corrected chi connectivity index (χ0v) is 13.4. The number of thiazole rings is 1. The van der Waals surface area contributed by atoms with Crippen molar-refractivity contribution >= 4 is 28.1 Å². The molecular formula is C15H19N3O2S. The SMILES string of the molecule is COc1ccc(C(=O)Nc2nc(C(C)(C)C)cs2)c(N)c1. The average molecular weight is 305 g/mol. The molecule has 0 aliphatic carbocycles. The number of benzene rings is 1. The Kier molecular flexibility index (Phi) is 4.18. The van der Waals surface area contributed by atoms with Crippen molar-refractivity contribution in [3.05, 3.63) is 34.8 Å². The van der Waals surface area contributed by atoms with Crippen LogP contribution in [0, 0.1) is 0 Å². The molecule has 5 nitrogen and oxygen atoms in total. The summed E-state index contributed by atoms with van der Waals surface area (Å²) < 4.78 is 5.07. The Hall–Kier alpha value is -2.08. The predicted molar refractivity (Wildman–Crippen MR) is 86.2 cm³/mol. The molecule has 0 unspecified atom stereocenters. The highest BCUT2D eigenvalue weighted by atomic mass is 32.1. The minimum absolute atomic E-state index is 0.0430. The largest absolute Gasteiger partial charge is 0.497 e. The first-order valence-electron chi connectivity index (χ1n) is 6.52. The molecule has 112 valence electrons. The number of amides is 1.